The molecule has 1 aromatic heterocycles. The van der Waals surface area contributed by atoms with E-state index in [2.05, 4.69) is 5.32 Å². The molecule has 0 bridgehead atoms. The summed E-state index contributed by atoms with van der Waals surface area (Å²) in [5.41, 5.74) is 1.77. The highest BCUT2D eigenvalue weighted by molar-refractivity contribution is 7.14. The first-order valence-corrected chi connectivity index (χ1v) is 7.51. The maximum Gasteiger partial charge on any atom is 0.0931 e. The van der Waals surface area contributed by atoms with Gasteiger partial charge in [0.15, 0.2) is 0 Å². The lowest BCUT2D eigenvalue weighted by Crippen LogP contribution is -2.06. The molecule has 0 spiro atoms. The molecule has 96 valence electrons. The number of hydrogen-bond acceptors (Lipinski definition) is 2. The van der Waals surface area contributed by atoms with E-state index in [1.54, 1.807) is 12.1 Å². The van der Waals surface area contributed by atoms with Gasteiger partial charge >= 0.3 is 0 Å². The SMILES string of the molecule is CC(Nc1c(Cl)cc(Cl)cc1Cl)c1csc(Cl)c1. The van der Waals surface area contributed by atoms with Crippen molar-refractivity contribution in [2.75, 3.05) is 5.32 Å². The highest BCUT2D eigenvalue weighted by Gasteiger charge is 2.13. The third kappa shape index (κ3) is 3.25. The van der Waals surface area contributed by atoms with Crippen molar-refractivity contribution in [1.82, 2.24) is 0 Å². The maximum absolute atomic E-state index is 6.12. The second-order valence-corrected chi connectivity index (χ2v) is 6.59. The van der Waals surface area contributed by atoms with Gasteiger partial charge in [-0.1, -0.05) is 46.4 Å². The minimum Gasteiger partial charge on any atom is -0.376 e. The molecule has 1 unspecified atom stereocenters. The van der Waals surface area contributed by atoms with Crippen LogP contribution in [0.1, 0.15) is 18.5 Å². The Labute approximate surface area is 130 Å². The third-order valence-electron chi connectivity index (χ3n) is 2.46. The summed E-state index contributed by atoms with van der Waals surface area (Å²) in [6.45, 7) is 2.01. The fourth-order valence-electron chi connectivity index (χ4n) is 1.53. The van der Waals surface area contributed by atoms with E-state index in [1.165, 1.54) is 11.3 Å². The summed E-state index contributed by atoms with van der Waals surface area (Å²) in [5, 5.41) is 6.78. The normalized spacial score (nSPS) is 12.5. The highest BCUT2D eigenvalue weighted by Crippen LogP contribution is 2.36. The van der Waals surface area contributed by atoms with Crippen LogP contribution in [-0.4, -0.2) is 0 Å². The molecule has 1 nitrogen and oxygen atoms in total. The van der Waals surface area contributed by atoms with Crippen LogP contribution in [0.3, 0.4) is 0 Å². The van der Waals surface area contributed by atoms with Crippen LogP contribution in [0.2, 0.25) is 19.4 Å². The number of anilines is 1. The number of rotatable bonds is 3. The Morgan fingerprint density at radius 1 is 1.06 bits per heavy atom. The molecule has 1 N–H and O–H groups in total. The van der Waals surface area contributed by atoms with E-state index >= 15 is 0 Å². The summed E-state index contributed by atoms with van der Waals surface area (Å²) in [6, 6.07) is 5.29. The summed E-state index contributed by atoms with van der Waals surface area (Å²) in [4.78, 5) is 0. The summed E-state index contributed by atoms with van der Waals surface area (Å²) in [5.74, 6) is 0. The van der Waals surface area contributed by atoms with E-state index in [1.807, 2.05) is 18.4 Å². The molecule has 0 fully saturated rings. The predicted octanol–water partition coefficient (Wildman–Crippen LogP) is 6.53. The van der Waals surface area contributed by atoms with Gasteiger partial charge < -0.3 is 5.32 Å². The van der Waals surface area contributed by atoms with Gasteiger partial charge in [0.05, 0.1) is 20.1 Å². The van der Waals surface area contributed by atoms with Gasteiger partial charge in [0.2, 0.25) is 0 Å². The van der Waals surface area contributed by atoms with E-state index in [-0.39, 0.29) is 6.04 Å². The summed E-state index contributed by atoms with van der Waals surface area (Å²) < 4.78 is 0.756. The van der Waals surface area contributed by atoms with Crippen molar-refractivity contribution in [3.8, 4) is 0 Å². The number of nitrogens with one attached hydrogen (secondary N) is 1. The first kappa shape index (κ1) is 14.3. The highest BCUT2D eigenvalue weighted by atomic mass is 35.5. The summed E-state index contributed by atoms with van der Waals surface area (Å²) >= 11 is 25.5. The Bertz CT molecular complexity index is 544. The molecule has 0 aliphatic rings. The Kier molecular flexibility index (Phi) is 4.68. The van der Waals surface area contributed by atoms with Gasteiger partial charge in [0.25, 0.3) is 0 Å². The quantitative estimate of drug-likeness (QED) is 0.669. The molecule has 6 heteroatoms. The second-order valence-electron chi connectivity index (χ2n) is 3.79. The summed E-state index contributed by atoms with van der Waals surface area (Å²) in [7, 11) is 0. The van der Waals surface area contributed by atoms with Gasteiger partial charge in [-0.25, -0.2) is 0 Å². The van der Waals surface area contributed by atoms with Gasteiger partial charge in [0, 0.05) is 11.1 Å². The van der Waals surface area contributed by atoms with Crippen LogP contribution in [-0.2, 0) is 0 Å². The maximum atomic E-state index is 6.12. The van der Waals surface area contributed by atoms with Crippen molar-refractivity contribution in [3.05, 3.63) is 48.5 Å². The Morgan fingerprint density at radius 2 is 1.67 bits per heavy atom. The van der Waals surface area contributed by atoms with Crippen molar-refractivity contribution in [2.45, 2.75) is 13.0 Å². The van der Waals surface area contributed by atoms with Crippen molar-refractivity contribution in [2.24, 2.45) is 0 Å². The minimum atomic E-state index is 0.0601. The number of thiophene rings is 1. The third-order valence-corrected chi connectivity index (χ3v) is 4.38. The van der Waals surface area contributed by atoms with Gasteiger partial charge in [-0.15, -0.1) is 11.3 Å². The fraction of sp³-hybridized carbons (Fsp3) is 0.167. The molecule has 0 aliphatic carbocycles. The second kappa shape index (κ2) is 5.89. The van der Waals surface area contributed by atoms with E-state index in [9.17, 15) is 0 Å². The molecular formula is C12H9Cl4NS. The topological polar surface area (TPSA) is 12.0 Å². The molecule has 2 aromatic rings. The van der Waals surface area contributed by atoms with Crippen LogP contribution in [0.4, 0.5) is 5.69 Å². The average Bonchev–Trinajstić information content (AvgIpc) is 2.70. The number of hydrogen-bond donors (Lipinski definition) is 1. The first-order chi connectivity index (χ1) is 8.47. The molecule has 0 aliphatic heterocycles. The monoisotopic (exact) mass is 339 g/mol. The lowest BCUT2D eigenvalue weighted by atomic mass is 10.1. The average molecular weight is 341 g/mol. The lowest BCUT2D eigenvalue weighted by molar-refractivity contribution is 0.891. The molecule has 1 aromatic carbocycles. The molecule has 0 radical (unpaired) electrons. The van der Waals surface area contributed by atoms with Crippen molar-refractivity contribution in [3.63, 3.8) is 0 Å². The molecule has 0 saturated heterocycles. The van der Waals surface area contributed by atoms with Crippen molar-refractivity contribution < 1.29 is 0 Å². The molecule has 1 atom stereocenters. The molecule has 0 saturated carbocycles. The smallest absolute Gasteiger partial charge is 0.0931 e. The van der Waals surface area contributed by atoms with Crippen LogP contribution in [0.15, 0.2) is 23.6 Å². The molecule has 18 heavy (non-hydrogen) atoms. The van der Waals surface area contributed by atoms with Crippen LogP contribution in [0.25, 0.3) is 0 Å². The van der Waals surface area contributed by atoms with Gasteiger partial charge in [0.1, 0.15) is 0 Å². The largest absolute Gasteiger partial charge is 0.376 e. The molecule has 0 amide bonds. The first-order valence-electron chi connectivity index (χ1n) is 5.12. The van der Waals surface area contributed by atoms with Crippen LogP contribution in [0.5, 0.6) is 0 Å². The molecule has 2 rings (SSSR count). The molecular weight excluding hydrogens is 332 g/mol. The number of benzene rings is 1. The Morgan fingerprint density at radius 3 is 2.17 bits per heavy atom. The zero-order chi connectivity index (χ0) is 13.3. The van der Waals surface area contributed by atoms with E-state index in [0.717, 1.165) is 9.90 Å². The predicted molar refractivity (Wildman–Crippen MR) is 82.8 cm³/mol. The minimum absolute atomic E-state index is 0.0601. The fourth-order valence-corrected chi connectivity index (χ4v) is 3.44. The Hall–Kier alpha value is -0.120. The zero-order valence-corrected chi connectivity index (χ0v) is 13.1. The standard InChI is InChI=1S/C12H9Cl4NS/c1-6(7-2-11(16)18-5-7)17-12-9(14)3-8(13)4-10(12)15/h2-6,17H,1H3. The van der Waals surface area contributed by atoms with Crippen LogP contribution in [0, 0.1) is 0 Å². The summed E-state index contributed by atoms with van der Waals surface area (Å²) in [6.07, 6.45) is 0. The van der Waals surface area contributed by atoms with Crippen molar-refractivity contribution >= 4 is 63.4 Å². The zero-order valence-electron chi connectivity index (χ0n) is 9.31. The van der Waals surface area contributed by atoms with Gasteiger partial charge in [-0.05, 0) is 36.1 Å². The van der Waals surface area contributed by atoms with Crippen molar-refractivity contribution in [1.29, 1.82) is 0 Å². The van der Waals surface area contributed by atoms with Gasteiger partial charge in [-0.2, -0.15) is 0 Å². The van der Waals surface area contributed by atoms with E-state index < -0.39 is 0 Å². The Balaban J connectivity index is 2.24. The van der Waals surface area contributed by atoms with Crippen LogP contribution >= 0.6 is 57.7 Å². The molecule has 1 heterocycles. The van der Waals surface area contributed by atoms with Crippen LogP contribution < -0.4 is 5.32 Å². The van der Waals surface area contributed by atoms with Gasteiger partial charge in [-0.3, -0.25) is 0 Å². The van der Waals surface area contributed by atoms with E-state index in [0.29, 0.717) is 20.8 Å². The van der Waals surface area contributed by atoms with E-state index in [4.69, 9.17) is 46.4 Å². The number of halogens is 4. The lowest BCUT2D eigenvalue weighted by Gasteiger charge is -2.16.